The zero-order valence-electron chi connectivity index (χ0n) is 14.3. The van der Waals surface area contributed by atoms with Crippen molar-refractivity contribution in [2.24, 2.45) is 4.99 Å². The minimum Gasteiger partial charge on any atom is -0.381 e. The fourth-order valence-corrected chi connectivity index (χ4v) is 3.44. The summed E-state index contributed by atoms with van der Waals surface area (Å²) >= 11 is 0. The molecule has 2 heterocycles. The van der Waals surface area contributed by atoms with Gasteiger partial charge >= 0.3 is 0 Å². The summed E-state index contributed by atoms with van der Waals surface area (Å²) in [5.74, 6) is 0.731. The van der Waals surface area contributed by atoms with E-state index in [0.717, 1.165) is 35.6 Å². The van der Waals surface area contributed by atoms with Gasteiger partial charge in [0.15, 0.2) is 0 Å². The molecule has 0 saturated carbocycles. The monoisotopic (exact) mass is 339 g/mol. The van der Waals surface area contributed by atoms with Gasteiger partial charge in [0, 0.05) is 26.1 Å². The molecule has 5 heteroatoms. The summed E-state index contributed by atoms with van der Waals surface area (Å²) < 4.78 is 19.3. The van der Waals surface area contributed by atoms with E-state index >= 15 is 0 Å². The van der Waals surface area contributed by atoms with Gasteiger partial charge in [-0.15, -0.1) is 0 Å². The molecule has 2 N–H and O–H groups in total. The lowest BCUT2D eigenvalue weighted by atomic mass is 9.86. The van der Waals surface area contributed by atoms with Gasteiger partial charge in [-0.2, -0.15) is 0 Å². The molecule has 25 heavy (non-hydrogen) atoms. The van der Waals surface area contributed by atoms with Crippen molar-refractivity contribution < 1.29 is 9.13 Å². The van der Waals surface area contributed by atoms with Crippen LogP contribution in [0.2, 0.25) is 0 Å². The first kappa shape index (κ1) is 16.1. The first-order valence-corrected chi connectivity index (χ1v) is 8.68. The zero-order chi connectivity index (χ0) is 17.3. The number of nitrogens with one attached hydrogen (secondary N) is 2. The summed E-state index contributed by atoms with van der Waals surface area (Å²) in [6.45, 7) is 3.63. The van der Waals surface area contributed by atoms with E-state index in [0.29, 0.717) is 25.3 Å². The van der Waals surface area contributed by atoms with Crippen molar-refractivity contribution in [1.29, 1.82) is 0 Å². The normalized spacial score (nSPS) is 20.0. The Kier molecular flexibility index (Phi) is 4.17. The number of ether oxygens (including phenoxy) is 1. The summed E-state index contributed by atoms with van der Waals surface area (Å²) in [6.07, 6.45) is 1.71. The van der Waals surface area contributed by atoms with Crippen LogP contribution in [0.5, 0.6) is 0 Å². The molecule has 0 bridgehead atoms. The summed E-state index contributed by atoms with van der Waals surface area (Å²) in [4.78, 5) is 4.82. The molecule has 0 radical (unpaired) electrons. The van der Waals surface area contributed by atoms with Crippen LogP contribution >= 0.6 is 0 Å². The lowest BCUT2D eigenvalue weighted by Crippen LogP contribution is -2.55. The van der Waals surface area contributed by atoms with E-state index < -0.39 is 0 Å². The number of hydrogen-bond donors (Lipinski definition) is 2. The predicted molar refractivity (Wildman–Crippen MR) is 98.7 cm³/mol. The van der Waals surface area contributed by atoms with Gasteiger partial charge < -0.3 is 15.4 Å². The van der Waals surface area contributed by atoms with E-state index in [2.05, 4.69) is 16.7 Å². The summed E-state index contributed by atoms with van der Waals surface area (Å²) in [5.41, 5.74) is 3.40. The van der Waals surface area contributed by atoms with E-state index in [4.69, 9.17) is 9.73 Å². The highest BCUT2D eigenvalue weighted by atomic mass is 19.1. The lowest BCUT2D eigenvalue weighted by Gasteiger charge is -2.43. The van der Waals surface area contributed by atoms with E-state index in [-0.39, 0.29) is 11.4 Å². The minimum absolute atomic E-state index is 0.182. The van der Waals surface area contributed by atoms with Crippen LogP contribution in [0.25, 0.3) is 0 Å². The van der Waals surface area contributed by atoms with Crippen molar-refractivity contribution >= 4 is 17.2 Å². The molecule has 0 atom stereocenters. The van der Waals surface area contributed by atoms with Crippen LogP contribution in [0.1, 0.15) is 24.0 Å². The molecule has 0 aromatic heterocycles. The number of rotatable bonds is 2. The Morgan fingerprint density at radius 3 is 2.64 bits per heavy atom. The van der Waals surface area contributed by atoms with E-state index in [1.54, 1.807) is 19.1 Å². The van der Waals surface area contributed by atoms with E-state index in [1.165, 1.54) is 0 Å². The van der Waals surface area contributed by atoms with Crippen LogP contribution < -0.4 is 10.6 Å². The molecule has 0 unspecified atom stereocenters. The van der Waals surface area contributed by atoms with Crippen LogP contribution in [0.3, 0.4) is 0 Å². The topological polar surface area (TPSA) is 45.7 Å². The van der Waals surface area contributed by atoms with E-state index in [9.17, 15) is 4.39 Å². The second kappa shape index (κ2) is 6.48. The highest BCUT2D eigenvalue weighted by Crippen LogP contribution is 2.36. The molecule has 130 valence electrons. The molecule has 2 aliphatic heterocycles. The molecule has 1 fully saturated rings. The number of para-hydroxylation sites is 2. The van der Waals surface area contributed by atoms with Crippen molar-refractivity contribution in [1.82, 2.24) is 0 Å². The number of amidine groups is 1. The van der Waals surface area contributed by atoms with Gasteiger partial charge in [0.1, 0.15) is 11.7 Å². The maximum atomic E-state index is 13.8. The van der Waals surface area contributed by atoms with Crippen molar-refractivity contribution in [3.8, 4) is 0 Å². The fraction of sp³-hybridized carbons (Fsp3) is 0.350. The van der Waals surface area contributed by atoms with Crippen LogP contribution in [0.4, 0.5) is 15.8 Å². The molecule has 0 amide bonds. The van der Waals surface area contributed by atoms with Gasteiger partial charge in [0.05, 0.1) is 23.5 Å². The number of aryl methyl sites for hydroxylation is 1. The standard InChI is InChI=1S/C20H22FN3O/c1-14-6-7-15(12-16(14)21)13-22-19-20(8-10-25-11-9-20)24-18-5-3-2-4-17(18)23-19/h2-7,12,24H,8-11,13H2,1H3,(H,22,23). The van der Waals surface area contributed by atoms with Crippen molar-refractivity contribution in [2.45, 2.75) is 31.8 Å². The van der Waals surface area contributed by atoms with Crippen molar-refractivity contribution in [3.05, 3.63) is 59.4 Å². The highest BCUT2D eigenvalue weighted by Gasteiger charge is 2.41. The molecule has 2 aromatic rings. The van der Waals surface area contributed by atoms with Gasteiger partial charge in [0.25, 0.3) is 0 Å². The van der Waals surface area contributed by atoms with Gasteiger partial charge in [0.2, 0.25) is 0 Å². The first-order valence-electron chi connectivity index (χ1n) is 8.68. The Morgan fingerprint density at radius 1 is 1.12 bits per heavy atom. The van der Waals surface area contributed by atoms with Crippen LogP contribution in [0, 0.1) is 12.7 Å². The first-order chi connectivity index (χ1) is 12.2. The van der Waals surface area contributed by atoms with Crippen LogP contribution in [-0.2, 0) is 11.3 Å². The molecule has 2 aliphatic rings. The minimum atomic E-state index is -0.240. The smallest absolute Gasteiger partial charge is 0.127 e. The third kappa shape index (κ3) is 3.12. The van der Waals surface area contributed by atoms with Gasteiger partial charge in [-0.1, -0.05) is 24.3 Å². The predicted octanol–water partition coefficient (Wildman–Crippen LogP) is 4.12. The molecule has 1 saturated heterocycles. The second-order valence-corrected chi connectivity index (χ2v) is 6.74. The van der Waals surface area contributed by atoms with Crippen LogP contribution in [0.15, 0.2) is 47.5 Å². The molecule has 1 spiro atoms. The molecule has 4 nitrogen and oxygen atoms in total. The number of halogens is 1. The largest absolute Gasteiger partial charge is 0.381 e. The third-order valence-corrected chi connectivity index (χ3v) is 5.01. The average Bonchev–Trinajstić information content (AvgIpc) is 2.63. The SMILES string of the molecule is Cc1ccc(CN=C2Nc3ccccc3NC23CCOCC3)cc1F. The number of nitrogens with zero attached hydrogens (tertiary/aromatic N) is 1. The fourth-order valence-electron chi connectivity index (χ4n) is 3.44. The third-order valence-electron chi connectivity index (χ3n) is 5.01. The zero-order valence-corrected chi connectivity index (χ0v) is 14.3. The number of hydrogen-bond acceptors (Lipinski definition) is 3. The summed E-state index contributed by atoms with van der Waals surface area (Å²) in [5, 5.41) is 7.16. The average molecular weight is 339 g/mol. The Labute approximate surface area is 147 Å². The Hall–Kier alpha value is -2.40. The quantitative estimate of drug-likeness (QED) is 0.865. The Balaban J connectivity index is 1.66. The summed E-state index contributed by atoms with van der Waals surface area (Å²) in [6, 6.07) is 13.4. The van der Waals surface area contributed by atoms with Gasteiger partial charge in [-0.05, 0) is 36.2 Å². The number of anilines is 2. The number of benzene rings is 2. The Bertz CT molecular complexity index is 812. The van der Waals surface area contributed by atoms with Gasteiger partial charge in [-0.25, -0.2) is 4.39 Å². The lowest BCUT2D eigenvalue weighted by molar-refractivity contribution is 0.0778. The molecular weight excluding hydrogens is 317 g/mol. The summed E-state index contributed by atoms with van der Waals surface area (Å²) in [7, 11) is 0. The second-order valence-electron chi connectivity index (χ2n) is 6.74. The van der Waals surface area contributed by atoms with Gasteiger partial charge in [-0.3, -0.25) is 4.99 Å². The molecule has 0 aliphatic carbocycles. The molecule has 2 aromatic carbocycles. The number of aliphatic imine (C=N–C) groups is 1. The van der Waals surface area contributed by atoms with Crippen molar-refractivity contribution in [3.63, 3.8) is 0 Å². The maximum Gasteiger partial charge on any atom is 0.127 e. The molecule has 4 rings (SSSR count). The highest BCUT2D eigenvalue weighted by molar-refractivity contribution is 6.09. The van der Waals surface area contributed by atoms with E-state index in [1.807, 2.05) is 24.3 Å². The van der Waals surface area contributed by atoms with Crippen molar-refractivity contribution in [2.75, 3.05) is 23.8 Å². The maximum absolute atomic E-state index is 13.8. The Morgan fingerprint density at radius 2 is 1.88 bits per heavy atom. The molecular formula is C20H22FN3O. The van der Waals surface area contributed by atoms with Crippen LogP contribution in [-0.4, -0.2) is 24.6 Å². The number of fused-ring (bicyclic) bond motifs is 1.